The highest BCUT2D eigenvalue weighted by Crippen LogP contribution is 2.30. The molecule has 0 bridgehead atoms. The van der Waals surface area contributed by atoms with Crippen molar-refractivity contribution in [3.63, 3.8) is 0 Å². The molecule has 2 fully saturated rings. The number of nitrogens with zero attached hydrogens (tertiary/aromatic N) is 2. The minimum atomic E-state index is -0.134. The maximum absolute atomic E-state index is 12.7. The van der Waals surface area contributed by atoms with Gasteiger partial charge in [0.05, 0.1) is 12.5 Å². The molecule has 5 nitrogen and oxygen atoms in total. The van der Waals surface area contributed by atoms with Gasteiger partial charge in [0.25, 0.3) is 0 Å². The maximum atomic E-state index is 12.7. The maximum Gasteiger partial charge on any atom is 0.228 e. The fraction of sp³-hybridized carbons (Fsp3) is 0.765. The summed E-state index contributed by atoms with van der Waals surface area (Å²) in [5.74, 6) is 0.199. The van der Waals surface area contributed by atoms with E-state index < -0.39 is 0 Å². The number of carbonyl (C=O) groups excluding carboxylic acids is 2. The lowest BCUT2D eigenvalue weighted by Crippen LogP contribution is -2.41. The Kier molecular flexibility index (Phi) is 4.81. The molecule has 1 aliphatic carbocycles. The van der Waals surface area contributed by atoms with E-state index >= 15 is 0 Å². The second-order valence-corrected chi connectivity index (χ2v) is 6.72. The zero-order valence-corrected chi connectivity index (χ0v) is 13.4. The monoisotopic (exact) mass is 306 g/mol. The highest BCUT2D eigenvalue weighted by atomic mass is 16.5. The highest BCUT2D eigenvalue weighted by Gasteiger charge is 2.40. The van der Waals surface area contributed by atoms with Crippen molar-refractivity contribution in [1.29, 1.82) is 0 Å². The number of amides is 2. The summed E-state index contributed by atoms with van der Waals surface area (Å²) in [7, 11) is 1.69. The molecule has 5 heteroatoms. The predicted molar refractivity (Wildman–Crippen MR) is 83.2 cm³/mol. The lowest BCUT2D eigenvalue weighted by molar-refractivity contribution is -0.135. The Morgan fingerprint density at radius 2 is 2.14 bits per heavy atom. The van der Waals surface area contributed by atoms with Crippen LogP contribution in [0.3, 0.4) is 0 Å². The third kappa shape index (κ3) is 3.19. The lowest BCUT2D eigenvalue weighted by atomic mass is 10.0. The topological polar surface area (TPSA) is 49.9 Å². The first-order chi connectivity index (χ1) is 10.7. The number of rotatable bonds is 4. The van der Waals surface area contributed by atoms with Crippen molar-refractivity contribution < 1.29 is 14.3 Å². The minimum absolute atomic E-state index is 0.134. The van der Waals surface area contributed by atoms with Crippen LogP contribution in [0.15, 0.2) is 11.6 Å². The molecule has 0 aromatic rings. The molecule has 22 heavy (non-hydrogen) atoms. The van der Waals surface area contributed by atoms with Crippen LogP contribution in [0.1, 0.15) is 38.5 Å². The molecule has 3 rings (SSSR count). The molecule has 0 radical (unpaired) electrons. The summed E-state index contributed by atoms with van der Waals surface area (Å²) in [4.78, 5) is 28.8. The summed E-state index contributed by atoms with van der Waals surface area (Å²) in [5.41, 5.74) is 1.27. The van der Waals surface area contributed by atoms with Crippen LogP contribution in [0, 0.1) is 5.92 Å². The van der Waals surface area contributed by atoms with Crippen LogP contribution >= 0.6 is 0 Å². The third-order valence-electron chi connectivity index (χ3n) is 5.22. The van der Waals surface area contributed by atoms with E-state index in [1.807, 2.05) is 9.80 Å². The second kappa shape index (κ2) is 6.82. The number of methoxy groups -OCH3 is 1. The van der Waals surface area contributed by atoms with Crippen LogP contribution in [0.25, 0.3) is 0 Å². The molecular weight excluding hydrogens is 280 g/mol. The summed E-state index contributed by atoms with van der Waals surface area (Å²) in [6.45, 7) is 2.70. The normalized spacial score (nSPS) is 26.7. The summed E-state index contributed by atoms with van der Waals surface area (Å²) < 4.78 is 5.14. The number of hydrogen-bond acceptors (Lipinski definition) is 3. The minimum Gasteiger partial charge on any atom is -0.380 e. The Hall–Kier alpha value is -1.36. The van der Waals surface area contributed by atoms with Gasteiger partial charge in [-0.25, -0.2) is 0 Å². The first kappa shape index (κ1) is 15.5. The van der Waals surface area contributed by atoms with Gasteiger partial charge in [-0.05, 0) is 24.8 Å². The zero-order chi connectivity index (χ0) is 15.5. The van der Waals surface area contributed by atoms with Crippen molar-refractivity contribution in [3.05, 3.63) is 11.6 Å². The molecule has 2 aliphatic heterocycles. The van der Waals surface area contributed by atoms with Crippen molar-refractivity contribution >= 4 is 11.8 Å². The first-order valence-electron chi connectivity index (χ1n) is 8.44. The molecule has 1 saturated carbocycles. The van der Waals surface area contributed by atoms with E-state index in [1.165, 1.54) is 18.4 Å². The molecule has 1 unspecified atom stereocenters. The Morgan fingerprint density at radius 1 is 1.36 bits per heavy atom. The van der Waals surface area contributed by atoms with Crippen molar-refractivity contribution in [2.75, 3.05) is 33.4 Å². The van der Waals surface area contributed by atoms with Gasteiger partial charge in [0.1, 0.15) is 0 Å². The summed E-state index contributed by atoms with van der Waals surface area (Å²) in [5, 5.41) is 0. The predicted octanol–water partition coefficient (Wildman–Crippen LogP) is 1.58. The van der Waals surface area contributed by atoms with Crippen LogP contribution in [0.5, 0.6) is 0 Å². The van der Waals surface area contributed by atoms with Crippen LogP contribution in [0.2, 0.25) is 0 Å². The van der Waals surface area contributed by atoms with Crippen molar-refractivity contribution in [2.45, 2.75) is 44.6 Å². The molecule has 0 spiro atoms. The van der Waals surface area contributed by atoms with Crippen LogP contribution in [-0.4, -0.2) is 61.0 Å². The molecule has 1 atom stereocenters. The molecule has 0 N–H and O–H groups in total. The number of carbonyl (C=O) groups is 2. The van der Waals surface area contributed by atoms with Gasteiger partial charge in [-0.3, -0.25) is 9.59 Å². The van der Waals surface area contributed by atoms with Gasteiger partial charge >= 0.3 is 0 Å². The molecule has 2 amide bonds. The van der Waals surface area contributed by atoms with E-state index in [0.717, 1.165) is 25.8 Å². The van der Waals surface area contributed by atoms with E-state index in [0.29, 0.717) is 32.2 Å². The van der Waals surface area contributed by atoms with Crippen LogP contribution < -0.4 is 0 Å². The Bertz CT molecular complexity index is 469. The van der Waals surface area contributed by atoms with E-state index in [-0.39, 0.29) is 17.7 Å². The summed E-state index contributed by atoms with van der Waals surface area (Å²) >= 11 is 0. The molecule has 0 aromatic carbocycles. The van der Waals surface area contributed by atoms with Crippen molar-refractivity contribution in [3.8, 4) is 0 Å². The van der Waals surface area contributed by atoms with Crippen molar-refractivity contribution in [2.24, 2.45) is 5.92 Å². The standard InChI is InChI=1S/C17H26N2O3/c1-22-12-13-6-8-18(9-7-13)17(21)14-10-16(20)19(11-14)15-4-2-3-5-15/h6,14-15H,2-5,7-12H2,1H3. The van der Waals surface area contributed by atoms with Gasteiger partial charge in [0.15, 0.2) is 0 Å². The van der Waals surface area contributed by atoms with E-state index in [2.05, 4.69) is 6.08 Å². The summed E-state index contributed by atoms with van der Waals surface area (Å²) in [6.07, 6.45) is 8.03. The quantitative estimate of drug-likeness (QED) is 0.741. The van der Waals surface area contributed by atoms with E-state index in [9.17, 15) is 9.59 Å². The number of likely N-dealkylation sites (tertiary alicyclic amines) is 1. The van der Waals surface area contributed by atoms with Crippen LogP contribution in [0.4, 0.5) is 0 Å². The first-order valence-corrected chi connectivity index (χ1v) is 8.44. The molecule has 122 valence electrons. The highest BCUT2D eigenvalue weighted by molar-refractivity contribution is 5.89. The molecule has 3 aliphatic rings. The molecule has 0 aromatic heterocycles. The average Bonchev–Trinajstić information content (AvgIpc) is 3.17. The molecule has 2 heterocycles. The lowest BCUT2D eigenvalue weighted by Gasteiger charge is -2.29. The van der Waals surface area contributed by atoms with Gasteiger partial charge in [0, 0.05) is 39.2 Å². The van der Waals surface area contributed by atoms with Crippen LogP contribution in [-0.2, 0) is 14.3 Å². The fourth-order valence-corrected chi connectivity index (χ4v) is 3.95. The Balaban J connectivity index is 1.56. The van der Waals surface area contributed by atoms with E-state index in [1.54, 1.807) is 7.11 Å². The number of ether oxygens (including phenoxy) is 1. The van der Waals surface area contributed by atoms with Gasteiger partial charge in [-0.2, -0.15) is 0 Å². The van der Waals surface area contributed by atoms with Gasteiger partial charge < -0.3 is 14.5 Å². The Morgan fingerprint density at radius 3 is 2.77 bits per heavy atom. The molecule has 1 saturated heterocycles. The third-order valence-corrected chi connectivity index (χ3v) is 5.22. The largest absolute Gasteiger partial charge is 0.380 e. The SMILES string of the molecule is COCC1=CCN(C(=O)C2CC(=O)N(C3CCCC3)C2)CC1. The second-order valence-electron chi connectivity index (χ2n) is 6.72. The van der Waals surface area contributed by atoms with Crippen molar-refractivity contribution in [1.82, 2.24) is 9.80 Å². The van der Waals surface area contributed by atoms with Gasteiger partial charge in [-0.1, -0.05) is 18.9 Å². The summed E-state index contributed by atoms with van der Waals surface area (Å²) in [6, 6.07) is 0.389. The molecular formula is C17H26N2O3. The zero-order valence-electron chi connectivity index (χ0n) is 13.4. The van der Waals surface area contributed by atoms with Gasteiger partial charge in [-0.15, -0.1) is 0 Å². The fourth-order valence-electron chi connectivity index (χ4n) is 3.95. The number of hydrogen-bond donors (Lipinski definition) is 0. The van der Waals surface area contributed by atoms with Gasteiger partial charge in [0.2, 0.25) is 11.8 Å². The average molecular weight is 306 g/mol. The van der Waals surface area contributed by atoms with E-state index in [4.69, 9.17) is 4.74 Å². The Labute approximate surface area is 132 Å². The smallest absolute Gasteiger partial charge is 0.228 e.